The van der Waals surface area contributed by atoms with Crippen molar-refractivity contribution in [3.63, 3.8) is 0 Å². The fourth-order valence-corrected chi connectivity index (χ4v) is 3.64. The molecular formula is C18H21N3. The monoisotopic (exact) mass is 279 g/mol. The number of benzene rings is 2. The first kappa shape index (κ1) is 12.7. The van der Waals surface area contributed by atoms with Gasteiger partial charge >= 0.3 is 0 Å². The Kier molecular flexibility index (Phi) is 2.89. The van der Waals surface area contributed by atoms with Crippen LogP contribution in [0.25, 0.3) is 0 Å². The van der Waals surface area contributed by atoms with Crippen LogP contribution in [-0.4, -0.2) is 26.4 Å². The average Bonchev–Trinajstić information content (AvgIpc) is 2.99. The summed E-state index contributed by atoms with van der Waals surface area (Å²) in [7, 11) is 4.37. The van der Waals surface area contributed by atoms with Crippen LogP contribution in [0.3, 0.4) is 0 Å². The summed E-state index contributed by atoms with van der Waals surface area (Å²) in [4.78, 5) is 4.73. The van der Waals surface area contributed by atoms with Crippen LogP contribution >= 0.6 is 0 Å². The molecule has 0 saturated heterocycles. The van der Waals surface area contributed by atoms with Crippen molar-refractivity contribution in [3.8, 4) is 0 Å². The second kappa shape index (κ2) is 4.78. The minimum absolute atomic E-state index is 0.379. The van der Waals surface area contributed by atoms with Crippen LogP contribution in [0, 0.1) is 0 Å². The Morgan fingerprint density at radius 1 is 0.762 bits per heavy atom. The van der Waals surface area contributed by atoms with Crippen molar-refractivity contribution in [2.24, 2.45) is 0 Å². The van der Waals surface area contributed by atoms with Gasteiger partial charge in [0.2, 0.25) is 0 Å². The van der Waals surface area contributed by atoms with Gasteiger partial charge in [0.25, 0.3) is 0 Å². The highest BCUT2D eigenvalue weighted by Crippen LogP contribution is 2.33. The zero-order chi connectivity index (χ0) is 14.4. The van der Waals surface area contributed by atoms with Crippen LogP contribution in [0.15, 0.2) is 48.5 Å². The molecule has 0 aliphatic carbocycles. The van der Waals surface area contributed by atoms with E-state index in [9.17, 15) is 0 Å². The smallest absolute Gasteiger partial charge is 0.0849 e. The number of rotatable bonds is 2. The molecule has 2 heterocycles. The van der Waals surface area contributed by atoms with Crippen LogP contribution in [0.2, 0.25) is 0 Å². The summed E-state index contributed by atoms with van der Waals surface area (Å²) in [5.74, 6) is 0. The van der Waals surface area contributed by atoms with Gasteiger partial charge in [0, 0.05) is 38.3 Å². The van der Waals surface area contributed by atoms with Gasteiger partial charge in [0.05, 0.1) is 12.3 Å². The summed E-state index contributed by atoms with van der Waals surface area (Å²) in [6.45, 7) is 0. The lowest BCUT2D eigenvalue weighted by Gasteiger charge is -2.31. The molecule has 2 unspecified atom stereocenters. The van der Waals surface area contributed by atoms with Gasteiger partial charge in [-0.1, -0.05) is 36.4 Å². The standard InChI is InChI=1S/C18H21N3/c1-20-15-9-5-3-7-13(15)11-17(20)19-18-12-14-8-4-6-10-16(14)21(18)2/h3-10,17-19H,11-12H2,1-2H3. The number of fused-ring (bicyclic) bond motifs is 2. The fourth-order valence-electron chi connectivity index (χ4n) is 3.64. The van der Waals surface area contributed by atoms with Crippen molar-refractivity contribution in [3.05, 3.63) is 59.7 Å². The highest BCUT2D eigenvalue weighted by Gasteiger charge is 2.32. The van der Waals surface area contributed by atoms with Crippen LogP contribution < -0.4 is 15.1 Å². The maximum Gasteiger partial charge on any atom is 0.0849 e. The molecule has 0 fully saturated rings. The zero-order valence-electron chi connectivity index (χ0n) is 12.6. The summed E-state index contributed by atoms with van der Waals surface area (Å²) < 4.78 is 0. The lowest BCUT2D eigenvalue weighted by molar-refractivity contribution is 0.436. The molecule has 0 saturated carbocycles. The molecule has 108 valence electrons. The maximum absolute atomic E-state index is 3.82. The number of nitrogens with one attached hydrogen (secondary N) is 1. The van der Waals surface area contributed by atoms with Crippen molar-refractivity contribution >= 4 is 11.4 Å². The third-order valence-electron chi connectivity index (χ3n) is 4.89. The van der Waals surface area contributed by atoms with E-state index in [-0.39, 0.29) is 0 Å². The Bertz CT molecular complexity index is 610. The Morgan fingerprint density at radius 3 is 1.62 bits per heavy atom. The highest BCUT2D eigenvalue weighted by molar-refractivity contribution is 5.60. The molecule has 2 aliphatic heterocycles. The van der Waals surface area contributed by atoms with E-state index in [1.54, 1.807) is 0 Å². The highest BCUT2D eigenvalue weighted by atomic mass is 15.4. The second-order valence-corrected chi connectivity index (χ2v) is 6.09. The predicted molar refractivity (Wildman–Crippen MR) is 87.8 cm³/mol. The Hall–Kier alpha value is -2.00. The van der Waals surface area contributed by atoms with E-state index >= 15 is 0 Å². The van der Waals surface area contributed by atoms with E-state index in [2.05, 4.69) is 77.7 Å². The van der Waals surface area contributed by atoms with Crippen molar-refractivity contribution in [2.75, 3.05) is 23.9 Å². The van der Waals surface area contributed by atoms with E-state index in [1.807, 2.05) is 0 Å². The predicted octanol–water partition coefficient (Wildman–Crippen LogP) is 2.61. The molecule has 21 heavy (non-hydrogen) atoms. The lowest BCUT2D eigenvalue weighted by atomic mass is 10.1. The molecule has 0 amide bonds. The molecule has 2 atom stereocenters. The van der Waals surface area contributed by atoms with E-state index in [0.29, 0.717) is 12.3 Å². The number of likely N-dealkylation sites (N-methyl/N-ethyl adjacent to an activating group) is 2. The van der Waals surface area contributed by atoms with Gasteiger partial charge in [0.15, 0.2) is 0 Å². The topological polar surface area (TPSA) is 18.5 Å². The van der Waals surface area contributed by atoms with Gasteiger partial charge in [-0.3, -0.25) is 5.32 Å². The van der Waals surface area contributed by atoms with Gasteiger partial charge in [0.1, 0.15) is 0 Å². The second-order valence-electron chi connectivity index (χ2n) is 6.09. The number of hydrogen-bond acceptors (Lipinski definition) is 3. The zero-order valence-corrected chi connectivity index (χ0v) is 12.6. The summed E-state index contributed by atoms with van der Waals surface area (Å²) in [5.41, 5.74) is 5.59. The van der Waals surface area contributed by atoms with Gasteiger partial charge in [-0.2, -0.15) is 0 Å². The van der Waals surface area contributed by atoms with Crippen molar-refractivity contribution < 1.29 is 0 Å². The number of para-hydroxylation sites is 2. The van der Waals surface area contributed by atoms with Gasteiger partial charge in [-0.15, -0.1) is 0 Å². The van der Waals surface area contributed by atoms with Crippen molar-refractivity contribution in [1.82, 2.24) is 5.32 Å². The summed E-state index contributed by atoms with van der Waals surface area (Å²) in [6.07, 6.45) is 2.91. The molecule has 4 rings (SSSR count). The number of anilines is 2. The Balaban J connectivity index is 1.52. The Morgan fingerprint density at radius 2 is 1.19 bits per heavy atom. The molecule has 2 aromatic rings. The summed E-state index contributed by atoms with van der Waals surface area (Å²) in [5, 5.41) is 3.82. The number of nitrogens with zero attached hydrogens (tertiary/aromatic N) is 2. The quantitative estimate of drug-likeness (QED) is 0.911. The first-order chi connectivity index (χ1) is 10.2. The van der Waals surface area contributed by atoms with Gasteiger partial charge in [-0.05, 0) is 23.3 Å². The first-order valence-corrected chi connectivity index (χ1v) is 7.61. The number of hydrogen-bond donors (Lipinski definition) is 1. The molecule has 0 radical (unpaired) electrons. The molecule has 3 heteroatoms. The summed E-state index contributed by atoms with van der Waals surface area (Å²) >= 11 is 0. The first-order valence-electron chi connectivity index (χ1n) is 7.61. The molecule has 0 aromatic heterocycles. The minimum atomic E-state index is 0.379. The van der Waals surface area contributed by atoms with Crippen LogP contribution in [0.5, 0.6) is 0 Å². The van der Waals surface area contributed by atoms with Gasteiger partial charge in [-0.25, -0.2) is 0 Å². The minimum Gasteiger partial charge on any atom is -0.358 e. The largest absolute Gasteiger partial charge is 0.358 e. The van der Waals surface area contributed by atoms with E-state index in [4.69, 9.17) is 0 Å². The van der Waals surface area contributed by atoms with Crippen LogP contribution in [0.1, 0.15) is 11.1 Å². The fraction of sp³-hybridized carbons (Fsp3) is 0.333. The third kappa shape index (κ3) is 2.00. The molecule has 1 N–H and O–H groups in total. The van der Waals surface area contributed by atoms with Crippen LogP contribution in [-0.2, 0) is 12.8 Å². The lowest BCUT2D eigenvalue weighted by Crippen LogP contribution is -2.52. The van der Waals surface area contributed by atoms with Gasteiger partial charge < -0.3 is 9.80 Å². The molecule has 2 aliphatic rings. The van der Waals surface area contributed by atoms with Crippen LogP contribution in [0.4, 0.5) is 11.4 Å². The van der Waals surface area contributed by atoms with E-state index < -0.39 is 0 Å². The maximum atomic E-state index is 3.82. The van der Waals surface area contributed by atoms with E-state index in [0.717, 1.165) is 12.8 Å². The SMILES string of the molecule is CN1c2ccccc2CC1NC1Cc2ccccc2N1C. The van der Waals surface area contributed by atoms with Crippen molar-refractivity contribution in [2.45, 2.75) is 25.2 Å². The average molecular weight is 279 g/mol. The molecule has 3 nitrogen and oxygen atoms in total. The van der Waals surface area contributed by atoms with Crippen molar-refractivity contribution in [1.29, 1.82) is 0 Å². The Labute approximate surface area is 126 Å². The molecule has 0 spiro atoms. The molecular weight excluding hydrogens is 258 g/mol. The van der Waals surface area contributed by atoms with E-state index in [1.165, 1.54) is 22.5 Å². The summed E-state index contributed by atoms with van der Waals surface area (Å²) in [6, 6.07) is 17.4. The third-order valence-corrected chi connectivity index (χ3v) is 4.89. The molecule has 2 aromatic carbocycles. The normalized spacial score (nSPS) is 23.3. The molecule has 0 bridgehead atoms.